The summed E-state index contributed by atoms with van der Waals surface area (Å²) >= 11 is 6.27. The minimum atomic E-state index is -2.78. The molecule has 6 rings (SSSR count). The maximum absolute atomic E-state index is 13.7. The summed E-state index contributed by atoms with van der Waals surface area (Å²) in [6, 6.07) is 17.1. The van der Waals surface area contributed by atoms with Crippen molar-refractivity contribution in [3.05, 3.63) is 106 Å². The van der Waals surface area contributed by atoms with Crippen molar-refractivity contribution < 1.29 is 13.6 Å². The van der Waals surface area contributed by atoms with Gasteiger partial charge in [0.15, 0.2) is 0 Å². The number of carbonyl (C=O) groups excluding carboxylic acids is 1. The number of hydrogen-bond donors (Lipinski definition) is 1. The molecule has 5 aromatic rings. The van der Waals surface area contributed by atoms with Gasteiger partial charge in [-0.25, -0.2) is 18.4 Å². The topological polar surface area (TPSA) is 108 Å². The van der Waals surface area contributed by atoms with Gasteiger partial charge in [-0.3, -0.25) is 19.1 Å². The van der Waals surface area contributed by atoms with E-state index in [2.05, 4.69) is 25.6 Å². The Balaban J connectivity index is 1.42. The molecule has 2 aromatic carbocycles. The molecular weight excluding hydrogens is 576 g/mol. The number of hydrogen-bond acceptors (Lipinski definition) is 6. The molecule has 0 unspecified atom stereocenters. The zero-order valence-electron chi connectivity index (χ0n) is 23.0. The van der Waals surface area contributed by atoms with E-state index in [-0.39, 0.29) is 17.4 Å². The first-order valence-electron chi connectivity index (χ1n) is 13.7. The lowest BCUT2D eigenvalue weighted by molar-refractivity contribution is -0.119. The van der Waals surface area contributed by atoms with E-state index >= 15 is 0 Å². The molecule has 43 heavy (non-hydrogen) atoms. The average molecular weight is 602 g/mol. The van der Waals surface area contributed by atoms with Gasteiger partial charge in [0.2, 0.25) is 5.91 Å². The highest BCUT2D eigenvalue weighted by atomic mass is 35.5. The van der Waals surface area contributed by atoms with E-state index in [4.69, 9.17) is 11.6 Å². The Morgan fingerprint density at radius 1 is 1.00 bits per heavy atom. The van der Waals surface area contributed by atoms with Gasteiger partial charge < -0.3 is 5.32 Å². The highest BCUT2D eigenvalue weighted by Gasteiger charge is 2.23. The Labute approximate surface area is 250 Å². The molecule has 2 atom stereocenters. The van der Waals surface area contributed by atoms with Crippen LogP contribution in [-0.2, 0) is 4.79 Å². The van der Waals surface area contributed by atoms with Crippen LogP contribution in [0.25, 0.3) is 28.1 Å². The van der Waals surface area contributed by atoms with E-state index in [0.29, 0.717) is 52.6 Å². The highest BCUT2D eigenvalue weighted by molar-refractivity contribution is 6.31. The summed E-state index contributed by atoms with van der Waals surface area (Å²) in [5.74, 6) is -0.298. The van der Waals surface area contributed by atoms with Gasteiger partial charge in [-0.15, -0.1) is 5.10 Å². The van der Waals surface area contributed by atoms with Crippen molar-refractivity contribution in [1.82, 2.24) is 29.5 Å². The van der Waals surface area contributed by atoms with E-state index in [9.17, 15) is 18.4 Å². The van der Waals surface area contributed by atoms with Gasteiger partial charge in [0.1, 0.15) is 5.69 Å². The molecule has 4 heterocycles. The van der Waals surface area contributed by atoms with Crippen LogP contribution in [0.15, 0.2) is 84.2 Å². The van der Waals surface area contributed by atoms with Crippen molar-refractivity contribution in [2.24, 2.45) is 5.92 Å². The SMILES string of the molecule is C[C@@H]1CCC[C@H](n2cnc(-c3cc(Cl)ccc3-n3cc(C(F)F)nn3)cc2=O)c2cc(ccn2)-c2ccccc2NC1=O. The summed E-state index contributed by atoms with van der Waals surface area (Å²) in [6.07, 6.45) is 3.34. The third-order valence-electron chi connectivity index (χ3n) is 7.57. The second-order valence-electron chi connectivity index (χ2n) is 10.4. The number of aromatic nitrogens is 6. The van der Waals surface area contributed by atoms with Crippen LogP contribution in [0.1, 0.15) is 50.0 Å². The van der Waals surface area contributed by atoms with Gasteiger partial charge in [0, 0.05) is 40.0 Å². The Bertz CT molecular complexity index is 1870. The summed E-state index contributed by atoms with van der Waals surface area (Å²) in [6.45, 7) is 1.89. The smallest absolute Gasteiger partial charge is 0.283 e. The first kappa shape index (κ1) is 28.4. The largest absolute Gasteiger partial charge is 0.325 e. The van der Waals surface area contributed by atoms with Crippen molar-refractivity contribution in [2.45, 2.75) is 38.7 Å². The summed E-state index contributed by atoms with van der Waals surface area (Å²) in [5, 5.41) is 10.8. The summed E-state index contributed by atoms with van der Waals surface area (Å²) in [5.41, 5.74) is 3.41. The summed E-state index contributed by atoms with van der Waals surface area (Å²) < 4.78 is 29.1. The molecule has 0 saturated carbocycles. The predicted octanol–water partition coefficient (Wildman–Crippen LogP) is 6.49. The molecule has 0 spiro atoms. The highest BCUT2D eigenvalue weighted by Crippen LogP contribution is 2.33. The van der Waals surface area contributed by atoms with E-state index in [0.717, 1.165) is 17.3 Å². The number of carbonyl (C=O) groups is 1. The van der Waals surface area contributed by atoms with Gasteiger partial charge in [0.25, 0.3) is 12.0 Å². The second-order valence-corrected chi connectivity index (χ2v) is 10.9. The van der Waals surface area contributed by atoms with E-state index in [1.807, 2.05) is 43.3 Å². The van der Waals surface area contributed by atoms with Crippen LogP contribution in [-0.4, -0.2) is 35.4 Å². The fraction of sp³-hybridized carbons (Fsp3) is 0.226. The zero-order valence-corrected chi connectivity index (χ0v) is 23.7. The van der Waals surface area contributed by atoms with Gasteiger partial charge in [-0.2, -0.15) is 0 Å². The fourth-order valence-corrected chi connectivity index (χ4v) is 5.45. The Morgan fingerprint density at radius 2 is 1.84 bits per heavy atom. The number of fused-ring (bicyclic) bond motifs is 4. The molecule has 2 bridgehead atoms. The van der Waals surface area contributed by atoms with Crippen molar-refractivity contribution in [2.75, 3.05) is 5.32 Å². The number of amides is 1. The van der Waals surface area contributed by atoms with Crippen molar-refractivity contribution >= 4 is 23.2 Å². The Morgan fingerprint density at radius 3 is 2.63 bits per heavy atom. The van der Waals surface area contributed by atoms with Crippen LogP contribution in [0.2, 0.25) is 5.02 Å². The molecule has 1 aliphatic heterocycles. The van der Waals surface area contributed by atoms with Crippen LogP contribution >= 0.6 is 11.6 Å². The summed E-state index contributed by atoms with van der Waals surface area (Å²) in [4.78, 5) is 35.8. The molecular formula is C31H26ClF2N7O2. The quantitative estimate of drug-likeness (QED) is 0.252. The molecule has 1 amide bonds. The van der Waals surface area contributed by atoms with Crippen molar-refractivity contribution in [1.29, 1.82) is 0 Å². The van der Waals surface area contributed by atoms with Crippen LogP contribution in [0.5, 0.6) is 0 Å². The fourth-order valence-electron chi connectivity index (χ4n) is 5.27. The first-order chi connectivity index (χ1) is 20.8. The van der Waals surface area contributed by atoms with E-state index < -0.39 is 18.2 Å². The average Bonchev–Trinajstić information content (AvgIpc) is 3.50. The summed E-state index contributed by atoms with van der Waals surface area (Å²) in [7, 11) is 0. The number of pyridine rings is 1. The second kappa shape index (κ2) is 11.8. The molecule has 0 saturated heterocycles. The van der Waals surface area contributed by atoms with Crippen molar-refractivity contribution in [3.8, 4) is 28.1 Å². The lowest BCUT2D eigenvalue weighted by Gasteiger charge is -2.23. The molecule has 3 aromatic heterocycles. The zero-order chi connectivity index (χ0) is 30.1. The number of benzene rings is 2. The lowest BCUT2D eigenvalue weighted by Crippen LogP contribution is -2.27. The molecule has 0 radical (unpaired) electrons. The number of alkyl halides is 2. The van der Waals surface area contributed by atoms with Gasteiger partial charge in [0.05, 0.1) is 35.6 Å². The third kappa shape index (κ3) is 5.80. The van der Waals surface area contributed by atoms with Crippen LogP contribution in [0.3, 0.4) is 0 Å². The monoisotopic (exact) mass is 601 g/mol. The Hall–Kier alpha value is -4.77. The minimum Gasteiger partial charge on any atom is -0.325 e. The van der Waals surface area contributed by atoms with Crippen LogP contribution < -0.4 is 10.9 Å². The number of anilines is 1. The normalized spacial score (nSPS) is 17.1. The molecule has 9 nitrogen and oxygen atoms in total. The maximum atomic E-state index is 13.7. The molecule has 12 heteroatoms. The first-order valence-corrected chi connectivity index (χ1v) is 14.1. The standard InChI is InChI=1S/C31H26ClF2N7O2/c1-18-5-4-8-28(25-13-19(11-12-35-25)21-6-2-3-7-23(21)37-31(18)43)40-17-36-24(15-29(40)42)22-14-20(32)9-10-27(22)41-16-26(30(33)34)38-39-41/h2-3,6-7,9-18,28,30H,4-5,8H2,1H3,(H,37,43)/t18-,28+/m1/s1. The van der Waals surface area contributed by atoms with E-state index in [1.54, 1.807) is 24.4 Å². The molecule has 0 aliphatic carbocycles. The van der Waals surface area contributed by atoms with Crippen LogP contribution in [0, 0.1) is 5.92 Å². The third-order valence-corrected chi connectivity index (χ3v) is 7.80. The van der Waals surface area contributed by atoms with Gasteiger partial charge in [-0.05, 0) is 54.8 Å². The van der Waals surface area contributed by atoms with Crippen molar-refractivity contribution in [3.63, 3.8) is 0 Å². The van der Waals surface area contributed by atoms with Gasteiger partial charge in [-0.1, -0.05) is 48.4 Å². The van der Waals surface area contributed by atoms with E-state index in [1.165, 1.54) is 21.6 Å². The molecule has 1 N–H and O–H groups in total. The molecule has 218 valence electrons. The lowest BCUT2D eigenvalue weighted by atomic mass is 9.95. The Kier molecular flexibility index (Phi) is 7.81. The number of para-hydroxylation sites is 1. The predicted molar refractivity (Wildman–Crippen MR) is 158 cm³/mol. The number of nitrogens with one attached hydrogen (secondary N) is 1. The number of halogens is 3. The van der Waals surface area contributed by atoms with Crippen LogP contribution in [0.4, 0.5) is 14.5 Å². The number of nitrogens with zero attached hydrogens (tertiary/aromatic N) is 6. The maximum Gasteiger partial charge on any atom is 0.283 e. The minimum absolute atomic E-state index is 0.0626. The van der Waals surface area contributed by atoms with Gasteiger partial charge >= 0.3 is 0 Å². The number of rotatable bonds is 4. The molecule has 1 aliphatic rings. The molecule has 0 fully saturated rings.